The molecule has 7 nitrogen and oxygen atoms in total. The minimum atomic E-state index is -0.719. The topological polar surface area (TPSA) is 92.8 Å². The van der Waals surface area contributed by atoms with Crippen molar-refractivity contribution in [3.05, 3.63) is 64.2 Å². The molecule has 178 valence electrons. The van der Waals surface area contributed by atoms with E-state index in [9.17, 15) is 19.2 Å². The number of rotatable bonds is 6. The van der Waals surface area contributed by atoms with Gasteiger partial charge in [-0.2, -0.15) is 0 Å². The van der Waals surface area contributed by atoms with Crippen LogP contribution in [0, 0.1) is 6.92 Å². The number of anilines is 1. The van der Waals surface area contributed by atoms with Gasteiger partial charge in [0, 0.05) is 11.7 Å². The van der Waals surface area contributed by atoms with Gasteiger partial charge in [0.15, 0.2) is 6.61 Å². The largest absolute Gasteiger partial charge is 0.452 e. The lowest BCUT2D eigenvalue weighted by atomic mass is 9.94. The molecule has 2 aromatic carbocycles. The summed E-state index contributed by atoms with van der Waals surface area (Å²) < 4.78 is 5.21. The van der Waals surface area contributed by atoms with Crippen LogP contribution in [0.1, 0.15) is 94.1 Å². The van der Waals surface area contributed by atoms with Crippen LogP contribution >= 0.6 is 0 Å². The number of para-hydroxylation sites is 1. The number of carbonyl (C=O) groups excluding carboxylic acids is 4. The van der Waals surface area contributed by atoms with Crippen LogP contribution in [-0.2, 0) is 9.53 Å². The monoisotopic (exact) mass is 462 g/mol. The average Bonchev–Trinajstić information content (AvgIpc) is 3.08. The van der Waals surface area contributed by atoms with Gasteiger partial charge in [0.2, 0.25) is 0 Å². The quantitative estimate of drug-likeness (QED) is 0.490. The Morgan fingerprint density at radius 1 is 1.03 bits per heavy atom. The molecule has 0 aromatic heterocycles. The van der Waals surface area contributed by atoms with E-state index in [1.165, 1.54) is 23.1 Å². The molecule has 0 bridgehead atoms. The van der Waals surface area contributed by atoms with Crippen LogP contribution in [0.15, 0.2) is 36.4 Å². The Morgan fingerprint density at radius 2 is 1.74 bits per heavy atom. The summed E-state index contributed by atoms with van der Waals surface area (Å²) in [5.74, 6) is -1.60. The van der Waals surface area contributed by atoms with Crippen LogP contribution < -0.4 is 5.32 Å². The van der Waals surface area contributed by atoms with Crippen molar-refractivity contribution in [3.8, 4) is 0 Å². The van der Waals surface area contributed by atoms with E-state index in [4.69, 9.17) is 4.74 Å². The molecule has 3 amide bonds. The molecule has 1 saturated carbocycles. The first-order valence-corrected chi connectivity index (χ1v) is 11.9. The number of fused-ring (bicyclic) bond motifs is 1. The molecule has 1 fully saturated rings. The first-order chi connectivity index (χ1) is 16.3. The molecular weight excluding hydrogens is 432 g/mol. The predicted molar refractivity (Wildman–Crippen MR) is 128 cm³/mol. The first-order valence-electron chi connectivity index (χ1n) is 11.9. The van der Waals surface area contributed by atoms with Crippen LogP contribution in [0.3, 0.4) is 0 Å². The highest BCUT2D eigenvalue weighted by molar-refractivity contribution is 6.22. The minimum Gasteiger partial charge on any atom is -0.452 e. The fourth-order valence-corrected chi connectivity index (χ4v) is 4.79. The van der Waals surface area contributed by atoms with Crippen molar-refractivity contribution in [1.82, 2.24) is 4.90 Å². The Labute approximate surface area is 199 Å². The summed E-state index contributed by atoms with van der Waals surface area (Å²) in [7, 11) is 0. The van der Waals surface area contributed by atoms with E-state index in [0.717, 1.165) is 48.9 Å². The Balaban J connectivity index is 1.42. The van der Waals surface area contributed by atoms with Gasteiger partial charge in [-0.15, -0.1) is 0 Å². The van der Waals surface area contributed by atoms with Gasteiger partial charge in [0.1, 0.15) is 0 Å². The molecule has 0 saturated heterocycles. The summed E-state index contributed by atoms with van der Waals surface area (Å²) in [5.41, 5.74) is 3.32. The minimum absolute atomic E-state index is 0.0857. The molecule has 1 aliphatic carbocycles. The Hall–Kier alpha value is -3.48. The normalized spacial score (nSPS) is 16.1. The molecule has 1 heterocycles. The fraction of sp³-hybridized carbons (Fsp3) is 0.407. The van der Waals surface area contributed by atoms with E-state index in [1.54, 1.807) is 0 Å². The number of aryl methyl sites for hydroxylation is 1. The third-order valence-electron chi connectivity index (χ3n) is 6.62. The van der Waals surface area contributed by atoms with Gasteiger partial charge in [0.05, 0.1) is 16.7 Å². The molecular formula is C27H30N2O5. The van der Waals surface area contributed by atoms with E-state index < -0.39 is 18.5 Å². The van der Waals surface area contributed by atoms with Crippen molar-refractivity contribution in [2.24, 2.45) is 0 Å². The second-order valence-electron chi connectivity index (χ2n) is 9.35. The zero-order chi connectivity index (χ0) is 24.4. The van der Waals surface area contributed by atoms with E-state index in [-0.39, 0.29) is 34.9 Å². The number of hydrogen-bond donors (Lipinski definition) is 1. The highest BCUT2D eigenvalue weighted by Crippen LogP contribution is 2.32. The van der Waals surface area contributed by atoms with Crippen molar-refractivity contribution in [1.29, 1.82) is 0 Å². The summed E-state index contributed by atoms with van der Waals surface area (Å²) in [6.07, 6.45) is 4.74. The molecule has 0 unspecified atom stereocenters. The van der Waals surface area contributed by atoms with Gasteiger partial charge in [0.25, 0.3) is 17.7 Å². The second kappa shape index (κ2) is 9.79. The number of esters is 1. The van der Waals surface area contributed by atoms with Gasteiger partial charge >= 0.3 is 5.97 Å². The SMILES string of the molecule is Cc1cccc(C(C)C)c1NC(=O)COC(=O)c1ccc2c(c1)C(=O)N(C1CCCCC1)C2=O. The maximum atomic E-state index is 13.0. The number of imide groups is 1. The molecule has 0 radical (unpaired) electrons. The molecule has 2 aliphatic rings. The molecule has 2 aromatic rings. The van der Waals surface area contributed by atoms with Gasteiger partial charge in [-0.1, -0.05) is 51.3 Å². The number of ether oxygens (including phenoxy) is 1. The molecule has 4 rings (SSSR count). The average molecular weight is 463 g/mol. The lowest BCUT2D eigenvalue weighted by molar-refractivity contribution is -0.119. The van der Waals surface area contributed by atoms with Gasteiger partial charge in [-0.25, -0.2) is 4.79 Å². The maximum absolute atomic E-state index is 13.0. The standard InChI is InChI=1S/C27H30N2O5/c1-16(2)20-11-7-8-17(3)24(20)28-23(30)15-34-27(33)18-12-13-21-22(14-18)26(32)29(25(21)31)19-9-5-4-6-10-19/h7-8,11-14,16,19H,4-6,9-10,15H2,1-3H3,(H,28,30). The van der Waals surface area contributed by atoms with Crippen molar-refractivity contribution in [2.45, 2.75) is 64.8 Å². The smallest absolute Gasteiger partial charge is 0.338 e. The van der Waals surface area contributed by atoms with Crippen LogP contribution in [0.25, 0.3) is 0 Å². The molecule has 1 N–H and O–H groups in total. The van der Waals surface area contributed by atoms with Gasteiger partial charge < -0.3 is 10.1 Å². The molecule has 34 heavy (non-hydrogen) atoms. The Kier molecular flexibility index (Phi) is 6.82. The van der Waals surface area contributed by atoms with E-state index in [1.807, 2.05) is 39.0 Å². The number of amides is 3. The van der Waals surface area contributed by atoms with Crippen molar-refractivity contribution in [2.75, 3.05) is 11.9 Å². The third kappa shape index (κ3) is 4.60. The lowest BCUT2D eigenvalue weighted by Gasteiger charge is -2.29. The summed E-state index contributed by atoms with van der Waals surface area (Å²) in [6.45, 7) is 5.54. The predicted octanol–water partition coefficient (Wildman–Crippen LogP) is 4.84. The first kappa shape index (κ1) is 23.7. The zero-order valence-corrected chi connectivity index (χ0v) is 19.8. The zero-order valence-electron chi connectivity index (χ0n) is 19.8. The molecule has 0 atom stereocenters. The maximum Gasteiger partial charge on any atom is 0.338 e. The Morgan fingerprint density at radius 3 is 2.44 bits per heavy atom. The highest BCUT2D eigenvalue weighted by atomic mass is 16.5. The summed E-state index contributed by atoms with van der Waals surface area (Å²) in [4.78, 5) is 52.2. The van der Waals surface area contributed by atoms with Crippen LogP contribution in [0.5, 0.6) is 0 Å². The second-order valence-corrected chi connectivity index (χ2v) is 9.35. The van der Waals surface area contributed by atoms with E-state index in [0.29, 0.717) is 5.56 Å². The fourth-order valence-electron chi connectivity index (χ4n) is 4.79. The van der Waals surface area contributed by atoms with Crippen molar-refractivity contribution >= 4 is 29.4 Å². The van der Waals surface area contributed by atoms with E-state index >= 15 is 0 Å². The van der Waals surface area contributed by atoms with Crippen LogP contribution in [-0.4, -0.2) is 41.2 Å². The third-order valence-corrected chi connectivity index (χ3v) is 6.62. The Bertz CT molecular complexity index is 1150. The summed E-state index contributed by atoms with van der Waals surface area (Å²) in [6, 6.07) is 10.1. The number of nitrogens with one attached hydrogen (secondary N) is 1. The van der Waals surface area contributed by atoms with Crippen molar-refractivity contribution < 1.29 is 23.9 Å². The van der Waals surface area contributed by atoms with Crippen LogP contribution in [0.4, 0.5) is 5.69 Å². The highest BCUT2D eigenvalue weighted by Gasteiger charge is 2.40. The summed E-state index contributed by atoms with van der Waals surface area (Å²) >= 11 is 0. The molecule has 1 aliphatic heterocycles. The van der Waals surface area contributed by atoms with Crippen LogP contribution in [0.2, 0.25) is 0 Å². The number of nitrogens with zero attached hydrogens (tertiary/aromatic N) is 1. The van der Waals surface area contributed by atoms with Gasteiger partial charge in [-0.3, -0.25) is 19.3 Å². The lowest BCUT2D eigenvalue weighted by Crippen LogP contribution is -2.40. The number of carbonyl (C=O) groups is 4. The molecule has 0 spiro atoms. The van der Waals surface area contributed by atoms with Crippen molar-refractivity contribution in [3.63, 3.8) is 0 Å². The summed E-state index contributed by atoms with van der Waals surface area (Å²) in [5, 5.41) is 2.84. The number of hydrogen-bond acceptors (Lipinski definition) is 5. The van der Waals surface area contributed by atoms with E-state index in [2.05, 4.69) is 5.32 Å². The number of benzene rings is 2. The molecule has 7 heteroatoms. The van der Waals surface area contributed by atoms with Gasteiger partial charge in [-0.05, 0) is 55.0 Å².